The van der Waals surface area contributed by atoms with E-state index in [1.54, 1.807) is 0 Å². The number of allylic oxidation sites excluding steroid dienone is 1. The van der Waals surface area contributed by atoms with Crippen LogP contribution in [0.4, 0.5) is 5.69 Å². The third-order valence-electron chi connectivity index (χ3n) is 6.09. The second-order valence-electron chi connectivity index (χ2n) is 8.83. The normalized spacial score (nSPS) is 15.4. The van der Waals surface area contributed by atoms with Crippen molar-refractivity contribution in [2.75, 3.05) is 11.4 Å². The molecular weight excluding hydrogens is 388 g/mol. The van der Waals surface area contributed by atoms with Crippen LogP contribution in [0.1, 0.15) is 46.1 Å². The summed E-state index contributed by atoms with van der Waals surface area (Å²) in [4.78, 5) is 19.7. The van der Waals surface area contributed by atoms with E-state index in [-0.39, 0.29) is 11.4 Å². The average Bonchev–Trinajstić information content (AvgIpc) is 3.15. The maximum absolute atomic E-state index is 12.8. The summed E-state index contributed by atoms with van der Waals surface area (Å²) in [5.41, 5.74) is 5.25. The molecule has 0 bridgehead atoms. The number of aromatic nitrogens is 1. The van der Waals surface area contributed by atoms with Gasteiger partial charge in [0.2, 0.25) is 5.89 Å². The van der Waals surface area contributed by atoms with E-state index < -0.39 is 5.63 Å². The van der Waals surface area contributed by atoms with Crippen molar-refractivity contribution in [2.24, 2.45) is 0 Å². The first-order valence-electron chi connectivity index (χ1n) is 10.8. The number of para-hydroxylation sites is 2. The zero-order valence-electron chi connectivity index (χ0n) is 18.4. The predicted molar refractivity (Wildman–Crippen MR) is 125 cm³/mol. The maximum Gasteiger partial charge on any atom is 0.349 e. The Morgan fingerprint density at radius 3 is 2.58 bits per heavy atom. The molecule has 158 valence electrons. The summed E-state index contributed by atoms with van der Waals surface area (Å²) in [5, 5.41) is 0.860. The highest BCUT2D eigenvalue weighted by Crippen LogP contribution is 2.41. The van der Waals surface area contributed by atoms with Gasteiger partial charge < -0.3 is 13.7 Å². The van der Waals surface area contributed by atoms with Gasteiger partial charge >= 0.3 is 5.63 Å². The molecule has 0 N–H and O–H groups in total. The summed E-state index contributed by atoms with van der Waals surface area (Å²) in [5.74, 6) is 0.285. The van der Waals surface area contributed by atoms with Gasteiger partial charge in [0.05, 0.1) is 5.54 Å². The molecule has 0 amide bonds. The molecule has 0 radical (unpaired) electrons. The van der Waals surface area contributed by atoms with Crippen LogP contribution >= 0.6 is 0 Å². The van der Waals surface area contributed by atoms with Crippen molar-refractivity contribution in [3.05, 3.63) is 64.5 Å². The molecular formula is C26H26N2O3. The van der Waals surface area contributed by atoms with Crippen molar-refractivity contribution in [1.82, 2.24) is 4.98 Å². The molecule has 5 nitrogen and oxygen atoms in total. The molecule has 0 saturated heterocycles. The lowest BCUT2D eigenvalue weighted by atomic mass is 9.88. The quantitative estimate of drug-likeness (QED) is 0.362. The highest BCUT2D eigenvalue weighted by molar-refractivity contribution is 5.93. The Morgan fingerprint density at radius 1 is 1.03 bits per heavy atom. The summed E-state index contributed by atoms with van der Waals surface area (Å²) in [6, 6.07) is 13.4. The Morgan fingerprint density at radius 2 is 1.81 bits per heavy atom. The van der Waals surface area contributed by atoms with E-state index in [9.17, 15) is 4.79 Å². The molecule has 0 fully saturated rings. The lowest BCUT2D eigenvalue weighted by Crippen LogP contribution is -2.45. The fourth-order valence-electron chi connectivity index (χ4n) is 4.55. The lowest BCUT2D eigenvalue weighted by molar-refractivity contribution is 0.536. The zero-order valence-corrected chi connectivity index (χ0v) is 18.4. The summed E-state index contributed by atoms with van der Waals surface area (Å²) in [7, 11) is 0. The van der Waals surface area contributed by atoms with Crippen LogP contribution in [0.25, 0.3) is 39.1 Å². The smallest absolute Gasteiger partial charge is 0.349 e. The van der Waals surface area contributed by atoms with Crippen LogP contribution in [0.15, 0.2) is 62.2 Å². The number of oxazole rings is 1. The molecule has 5 heteroatoms. The van der Waals surface area contributed by atoms with Crippen molar-refractivity contribution in [3.63, 3.8) is 0 Å². The van der Waals surface area contributed by atoms with E-state index in [0.717, 1.165) is 36.0 Å². The van der Waals surface area contributed by atoms with Crippen LogP contribution < -0.4 is 10.5 Å². The fourth-order valence-corrected chi connectivity index (χ4v) is 4.55. The molecule has 4 aromatic rings. The van der Waals surface area contributed by atoms with Gasteiger partial charge in [0.1, 0.15) is 16.7 Å². The van der Waals surface area contributed by atoms with Gasteiger partial charge in [-0.1, -0.05) is 31.6 Å². The second kappa shape index (κ2) is 7.12. The maximum atomic E-state index is 12.8. The molecule has 0 saturated carbocycles. The standard InChI is InChI=1S/C26H26N2O3/c1-5-6-11-28-21-14-23-17(12-18(21)16(2)15-26(28,3)4)13-19(25(29)31-23)24-27-20-9-7-8-10-22(20)30-24/h7-10,12-15H,5-6,11H2,1-4H3. The summed E-state index contributed by atoms with van der Waals surface area (Å²) in [6.45, 7) is 9.75. The molecule has 1 aliphatic rings. The highest BCUT2D eigenvalue weighted by atomic mass is 16.4. The Bertz CT molecular complexity index is 1360. The van der Waals surface area contributed by atoms with Crippen LogP contribution in [-0.2, 0) is 0 Å². The van der Waals surface area contributed by atoms with E-state index >= 15 is 0 Å². The van der Waals surface area contributed by atoms with Gasteiger partial charge in [-0.2, -0.15) is 0 Å². The third kappa shape index (κ3) is 3.25. The minimum Gasteiger partial charge on any atom is -0.436 e. The van der Waals surface area contributed by atoms with Crippen molar-refractivity contribution < 1.29 is 8.83 Å². The SMILES string of the molecule is CCCCN1c2cc3oc(=O)c(-c4nc5ccccc5o4)cc3cc2C(C)=CC1(C)C. The molecule has 1 aliphatic heterocycles. The third-order valence-corrected chi connectivity index (χ3v) is 6.09. The number of nitrogens with zero attached hydrogens (tertiary/aromatic N) is 2. The largest absolute Gasteiger partial charge is 0.436 e. The molecule has 0 aliphatic carbocycles. The Hall–Kier alpha value is -3.34. The first-order valence-corrected chi connectivity index (χ1v) is 10.8. The number of hydrogen-bond donors (Lipinski definition) is 0. The van der Waals surface area contributed by atoms with Crippen LogP contribution in [-0.4, -0.2) is 17.1 Å². The first-order chi connectivity index (χ1) is 14.9. The summed E-state index contributed by atoms with van der Waals surface area (Å²) < 4.78 is 11.6. The molecule has 0 spiro atoms. The molecule has 3 heterocycles. The van der Waals surface area contributed by atoms with Crippen molar-refractivity contribution in [3.8, 4) is 11.5 Å². The lowest BCUT2D eigenvalue weighted by Gasteiger charge is -2.43. The van der Waals surface area contributed by atoms with Gasteiger partial charge in [0, 0.05) is 29.2 Å². The van der Waals surface area contributed by atoms with Crippen LogP contribution in [0.5, 0.6) is 0 Å². The van der Waals surface area contributed by atoms with Crippen LogP contribution in [0.3, 0.4) is 0 Å². The average molecular weight is 415 g/mol. The molecule has 2 aromatic heterocycles. The van der Waals surface area contributed by atoms with Gasteiger partial charge in [0.25, 0.3) is 0 Å². The predicted octanol–water partition coefficient (Wildman–Crippen LogP) is 6.40. The van der Waals surface area contributed by atoms with E-state index in [4.69, 9.17) is 8.83 Å². The molecule has 0 atom stereocenters. The second-order valence-corrected chi connectivity index (χ2v) is 8.83. The Kier molecular flexibility index (Phi) is 4.50. The van der Waals surface area contributed by atoms with Crippen LogP contribution in [0.2, 0.25) is 0 Å². The van der Waals surface area contributed by atoms with E-state index in [1.165, 1.54) is 11.1 Å². The number of fused-ring (bicyclic) bond motifs is 3. The number of benzene rings is 2. The van der Waals surface area contributed by atoms with Gasteiger partial charge in [-0.05, 0) is 57.0 Å². The number of unbranched alkanes of at least 4 members (excludes halogenated alkanes) is 1. The zero-order chi connectivity index (χ0) is 21.8. The molecule has 2 aromatic carbocycles. The van der Waals surface area contributed by atoms with E-state index in [2.05, 4.69) is 49.7 Å². The monoisotopic (exact) mass is 414 g/mol. The van der Waals surface area contributed by atoms with Crippen LogP contribution in [0, 0.1) is 0 Å². The van der Waals surface area contributed by atoms with Crippen molar-refractivity contribution >= 4 is 33.3 Å². The van der Waals surface area contributed by atoms with Crippen molar-refractivity contribution in [2.45, 2.75) is 46.1 Å². The minimum atomic E-state index is -0.443. The highest BCUT2D eigenvalue weighted by Gasteiger charge is 2.31. The Balaban J connectivity index is 1.68. The Labute approximate surface area is 181 Å². The molecule has 31 heavy (non-hydrogen) atoms. The number of anilines is 1. The molecule has 5 rings (SSSR count). The van der Waals surface area contributed by atoms with Gasteiger partial charge in [-0.15, -0.1) is 0 Å². The molecule has 0 unspecified atom stereocenters. The fraction of sp³-hybridized carbons (Fsp3) is 0.308. The minimum absolute atomic E-state index is 0.0988. The van der Waals surface area contributed by atoms with Gasteiger partial charge in [-0.25, -0.2) is 9.78 Å². The van der Waals surface area contributed by atoms with Gasteiger partial charge in [0.15, 0.2) is 5.58 Å². The summed E-state index contributed by atoms with van der Waals surface area (Å²) >= 11 is 0. The summed E-state index contributed by atoms with van der Waals surface area (Å²) in [6.07, 6.45) is 4.55. The van der Waals surface area contributed by atoms with E-state index in [1.807, 2.05) is 36.4 Å². The number of hydrogen-bond acceptors (Lipinski definition) is 5. The first kappa shape index (κ1) is 19.6. The van der Waals surface area contributed by atoms with Gasteiger partial charge in [-0.3, -0.25) is 0 Å². The van der Waals surface area contributed by atoms with Crippen molar-refractivity contribution in [1.29, 1.82) is 0 Å². The number of rotatable bonds is 4. The van der Waals surface area contributed by atoms with E-state index in [0.29, 0.717) is 16.7 Å². The topological polar surface area (TPSA) is 59.5 Å².